The SMILES string of the molecule is COc1ccc(C(=O)N(Cc2cccc3[nH]ccc23)C2CC2)cc1OC. The molecule has 1 heterocycles. The van der Waals surface area contributed by atoms with E-state index in [0.717, 1.165) is 23.9 Å². The number of nitrogens with one attached hydrogen (secondary N) is 1. The number of ether oxygens (including phenoxy) is 2. The summed E-state index contributed by atoms with van der Waals surface area (Å²) in [5.74, 6) is 1.22. The molecule has 4 rings (SSSR count). The molecule has 5 heteroatoms. The van der Waals surface area contributed by atoms with Gasteiger partial charge in [0.15, 0.2) is 11.5 Å². The Morgan fingerprint density at radius 2 is 1.92 bits per heavy atom. The van der Waals surface area contributed by atoms with Crippen molar-refractivity contribution in [3.8, 4) is 11.5 Å². The number of aromatic amines is 1. The lowest BCUT2D eigenvalue weighted by Crippen LogP contribution is -2.32. The zero-order valence-corrected chi connectivity index (χ0v) is 15.0. The lowest BCUT2D eigenvalue weighted by atomic mass is 10.1. The molecule has 1 N–H and O–H groups in total. The van der Waals surface area contributed by atoms with Gasteiger partial charge in [-0.25, -0.2) is 0 Å². The summed E-state index contributed by atoms with van der Waals surface area (Å²) in [5.41, 5.74) is 2.87. The smallest absolute Gasteiger partial charge is 0.254 e. The third-order valence-electron chi connectivity index (χ3n) is 4.90. The van der Waals surface area contributed by atoms with Gasteiger partial charge in [0, 0.05) is 35.2 Å². The Labute approximate surface area is 152 Å². The standard InChI is InChI=1S/C21H22N2O3/c1-25-19-9-6-14(12-20(19)26-2)21(24)23(16-7-8-16)13-15-4-3-5-18-17(15)10-11-22-18/h3-6,9-12,16,22H,7-8,13H2,1-2H3. The van der Waals surface area contributed by atoms with Crippen LogP contribution in [0.2, 0.25) is 0 Å². The normalized spacial score (nSPS) is 13.6. The highest BCUT2D eigenvalue weighted by atomic mass is 16.5. The number of fused-ring (bicyclic) bond motifs is 1. The highest BCUT2D eigenvalue weighted by Gasteiger charge is 2.33. The Kier molecular flexibility index (Phi) is 4.29. The summed E-state index contributed by atoms with van der Waals surface area (Å²) in [5, 5.41) is 1.17. The molecule has 3 aromatic rings. The van der Waals surface area contributed by atoms with Crippen LogP contribution >= 0.6 is 0 Å². The Morgan fingerprint density at radius 3 is 2.65 bits per heavy atom. The number of rotatable bonds is 6. The van der Waals surface area contributed by atoms with Crippen LogP contribution in [0.5, 0.6) is 11.5 Å². The molecule has 0 radical (unpaired) electrons. The van der Waals surface area contributed by atoms with Crippen LogP contribution in [-0.4, -0.2) is 36.1 Å². The second-order valence-electron chi connectivity index (χ2n) is 6.59. The molecular weight excluding hydrogens is 328 g/mol. The number of hydrogen-bond acceptors (Lipinski definition) is 3. The lowest BCUT2D eigenvalue weighted by molar-refractivity contribution is 0.0730. The monoisotopic (exact) mass is 350 g/mol. The van der Waals surface area contributed by atoms with Gasteiger partial charge in [0.05, 0.1) is 14.2 Å². The summed E-state index contributed by atoms with van der Waals surface area (Å²) in [6, 6.07) is 13.9. The van der Waals surface area contributed by atoms with Crippen molar-refractivity contribution in [2.75, 3.05) is 14.2 Å². The largest absolute Gasteiger partial charge is 0.493 e. The Morgan fingerprint density at radius 1 is 1.12 bits per heavy atom. The summed E-state index contributed by atoms with van der Waals surface area (Å²) >= 11 is 0. The van der Waals surface area contributed by atoms with Gasteiger partial charge in [0.25, 0.3) is 5.91 Å². The minimum Gasteiger partial charge on any atom is -0.493 e. The molecule has 0 atom stereocenters. The molecule has 1 fully saturated rings. The van der Waals surface area contributed by atoms with Crippen molar-refractivity contribution in [1.29, 1.82) is 0 Å². The van der Waals surface area contributed by atoms with Crippen LogP contribution in [0.3, 0.4) is 0 Å². The number of methoxy groups -OCH3 is 2. The highest BCUT2D eigenvalue weighted by Crippen LogP contribution is 2.33. The van der Waals surface area contributed by atoms with Crippen molar-refractivity contribution < 1.29 is 14.3 Å². The van der Waals surface area contributed by atoms with E-state index in [2.05, 4.69) is 23.2 Å². The van der Waals surface area contributed by atoms with Crippen LogP contribution in [0.25, 0.3) is 10.9 Å². The highest BCUT2D eigenvalue weighted by molar-refractivity contribution is 5.95. The van der Waals surface area contributed by atoms with E-state index in [1.54, 1.807) is 32.4 Å². The average molecular weight is 350 g/mol. The van der Waals surface area contributed by atoms with Gasteiger partial charge in [0.1, 0.15) is 0 Å². The van der Waals surface area contributed by atoms with Crippen molar-refractivity contribution in [2.45, 2.75) is 25.4 Å². The summed E-state index contributed by atoms with van der Waals surface area (Å²) in [7, 11) is 3.17. The van der Waals surface area contributed by atoms with E-state index in [9.17, 15) is 4.79 Å². The van der Waals surface area contributed by atoms with Crippen LogP contribution < -0.4 is 9.47 Å². The summed E-state index contributed by atoms with van der Waals surface area (Å²) < 4.78 is 10.6. The number of aromatic nitrogens is 1. The zero-order valence-electron chi connectivity index (χ0n) is 15.0. The van der Waals surface area contributed by atoms with Gasteiger partial charge >= 0.3 is 0 Å². The van der Waals surface area contributed by atoms with Crippen LogP contribution in [0.4, 0.5) is 0 Å². The van der Waals surface area contributed by atoms with Crippen molar-refractivity contribution >= 4 is 16.8 Å². The molecular formula is C21H22N2O3. The summed E-state index contributed by atoms with van der Waals surface area (Å²) in [6.45, 7) is 0.604. The van der Waals surface area contributed by atoms with Gasteiger partial charge in [-0.05, 0) is 48.7 Å². The zero-order chi connectivity index (χ0) is 18.1. The molecule has 1 aliphatic carbocycles. The topological polar surface area (TPSA) is 54.6 Å². The van der Waals surface area contributed by atoms with Gasteiger partial charge in [-0.2, -0.15) is 0 Å². The molecule has 0 unspecified atom stereocenters. The summed E-state index contributed by atoms with van der Waals surface area (Å²) in [6.07, 6.45) is 4.05. The third-order valence-corrected chi connectivity index (χ3v) is 4.90. The Hall–Kier alpha value is -2.95. The van der Waals surface area contributed by atoms with E-state index >= 15 is 0 Å². The number of nitrogens with zero attached hydrogens (tertiary/aromatic N) is 1. The first-order chi connectivity index (χ1) is 12.7. The van der Waals surface area contributed by atoms with Gasteiger partial charge in [-0.3, -0.25) is 4.79 Å². The minimum absolute atomic E-state index is 0.0287. The average Bonchev–Trinajstić information content (AvgIpc) is 3.40. The van der Waals surface area contributed by atoms with Crippen LogP contribution in [0.1, 0.15) is 28.8 Å². The molecule has 1 aliphatic rings. The van der Waals surface area contributed by atoms with Crippen LogP contribution in [0, 0.1) is 0 Å². The van der Waals surface area contributed by atoms with E-state index in [0.29, 0.717) is 29.6 Å². The number of carbonyl (C=O) groups is 1. The van der Waals surface area contributed by atoms with E-state index in [4.69, 9.17) is 9.47 Å². The van der Waals surface area contributed by atoms with E-state index in [1.807, 2.05) is 17.2 Å². The summed E-state index contributed by atoms with van der Waals surface area (Å²) in [4.78, 5) is 18.4. The second-order valence-corrected chi connectivity index (χ2v) is 6.59. The quantitative estimate of drug-likeness (QED) is 0.731. The van der Waals surface area contributed by atoms with Crippen molar-refractivity contribution in [3.05, 3.63) is 59.8 Å². The number of carbonyl (C=O) groups excluding carboxylic acids is 1. The van der Waals surface area contributed by atoms with Crippen molar-refractivity contribution in [3.63, 3.8) is 0 Å². The van der Waals surface area contributed by atoms with Crippen molar-refractivity contribution in [1.82, 2.24) is 9.88 Å². The van der Waals surface area contributed by atoms with Gasteiger partial charge < -0.3 is 19.4 Å². The minimum atomic E-state index is 0.0287. The van der Waals surface area contributed by atoms with Gasteiger partial charge in [0.2, 0.25) is 0 Å². The van der Waals surface area contributed by atoms with Crippen LogP contribution in [0.15, 0.2) is 48.7 Å². The number of hydrogen-bond donors (Lipinski definition) is 1. The third kappa shape index (κ3) is 3.01. The fraction of sp³-hybridized carbons (Fsp3) is 0.286. The molecule has 0 saturated heterocycles. The van der Waals surface area contributed by atoms with E-state index < -0.39 is 0 Å². The second kappa shape index (κ2) is 6.75. The first kappa shape index (κ1) is 16.5. The maximum absolute atomic E-state index is 13.2. The molecule has 0 bridgehead atoms. The van der Waals surface area contributed by atoms with Gasteiger partial charge in [-0.15, -0.1) is 0 Å². The molecule has 134 valence electrons. The maximum atomic E-state index is 13.2. The molecule has 1 saturated carbocycles. The molecule has 26 heavy (non-hydrogen) atoms. The molecule has 1 amide bonds. The lowest BCUT2D eigenvalue weighted by Gasteiger charge is -2.23. The number of amides is 1. The molecule has 1 aromatic heterocycles. The maximum Gasteiger partial charge on any atom is 0.254 e. The van der Waals surface area contributed by atoms with E-state index in [-0.39, 0.29) is 5.91 Å². The van der Waals surface area contributed by atoms with Crippen molar-refractivity contribution in [2.24, 2.45) is 0 Å². The first-order valence-electron chi connectivity index (χ1n) is 8.79. The Bertz CT molecular complexity index is 943. The number of benzene rings is 2. The van der Waals surface area contributed by atoms with Crippen LogP contribution in [-0.2, 0) is 6.54 Å². The Balaban J connectivity index is 1.65. The molecule has 2 aromatic carbocycles. The van der Waals surface area contributed by atoms with Gasteiger partial charge in [-0.1, -0.05) is 12.1 Å². The first-order valence-corrected chi connectivity index (χ1v) is 8.79. The molecule has 0 spiro atoms. The fourth-order valence-electron chi connectivity index (χ4n) is 3.36. The molecule has 5 nitrogen and oxygen atoms in total. The predicted molar refractivity (Wildman–Crippen MR) is 101 cm³/mol. The fourth-order valence-corrected chi connectivity index (χ4v) is 3.36. The number of H-pyrrole nitrogens is 1. The predicted octanol–water partition coefficient (Wildman–Crippen LogP) is 3.99. The van der Waals surface area contributed by atoms with E-state index in [1.165, 1.54) is 5.39 Å². The molecule has 0 aliphatic heterocycles.